The Hall–Kier alpha value is -0.730. The largest absolute Gasteiger partial charge is 0.398 e. The molecule has 1 atom stereocenters. The van der Waals surface area contributed by atoms with Gasteiger partial charge in [0.2, 0.25) is 0 Å². The Kier molecular flexibility index (Phi) is 4.98. The fraction of sp³-hybridized carbons (Fsp3) is 0.647. The van der Waals surface area contributed by atoms with Crippen molar-refractivity contribution in [3.8, 4) is 0 Å². The Labute approximate surface area is 128 Å². The molecule has 1 saturated heterocycles. The molecule has 1 unspecified atom stereocenters. The minimum atomic E-state index is 0.431. The van der Waals surface area contributed by atoms with Gasteiger partial charge in [0.15, 0.2) is 0 Å². The second kappa shape index (κ2) is 6.36. The topological polar surface area (TPSA) is 29.3 Å². The normalized spacial score (nSPS) is 21.7. The molecule has 1 aromatic rings. The van der Waals surface area contributed by atoms with Crippen LogP contribution in [0.5, 0.6) is 0 Å². The zero-order chi connectivity index (χ0) is 14.8. The molecule has 0 saturated carbocycles. The zero-order valence-corrected chi connectivity index (χ0v) is 13.7. The van der Waals surface area contributed by atoms with Crippen LogP contribution in [0.3, 0.4) is 0 Å². The summed E-state index contributed by atoms with van der Waals surface area (Å²) in [6.07, 6.45) is 3.94. The van der Waals surface area contributed by atoms with Crippen LogP contribution in [0.2, 0.25) is 5.02 Å². The van der Waals surface area contributed by atoms with Crippen LogP contribution in [0.4, 0.5) is 5.69 Å². The van der Waals surface area contributed by atoms with E-state index in [1.165, 1.54) is 37.9 Å². The summed E-state index contributed by atoms with van der Waals surface area (Å²) >= 11 is 5.98. The molecule has 3 heteroatoms. The summed E-state index contributed by atoms with van der Waals surface area (Å²) in [5.74, 6) is 0.836. The molecule has 0 bridgehead atoms. The van der Waals surface area contributed by atoms with E-state index >= 15 is 0 Å². The molecule has 1 aliphatic heterocycles. The standard InChI is InChI=1S/C17H27ClN2/c1-17(2,3)14-5-4-9-20(10-8-14)12-13-6-7-15(18)16(19)11-13/h6-7,11,14H,4-5,8-10,12,19H2,1-3H3. The molecule has 2 N–H and O–H groups in total. The lowest BCUT2D eigenvalue weighted by Crippen LogP contribution is -2.26. The van der Waals surface area contributed by atoms with Crippen molar-refractivity contribution in [2.24, 2.45) is 11.3 Å². The second-order valence-corrected chi connectivity index (χ2v) is 7.53. The van der Waals surface area contributed by atoms with E-state index in [2.05, 4.69) is 31.7 Å². The van der Waals surface area contributed by atoms with Crippen LogP contribution in [0.1, 0.15) is 45.6 Å². The van der Waals surface area contributed by atoms with E-state index in [4.69, 9.17) is 17.3 Å². The number of likely N-dealkylation sites (tertiary alicyclic amines) is 1. The minimum absolute atomic E-state index is 0.431. The number of nitrogen functional groups attached to an aromatic ring is 1. The summed E-state index contributed by atoms with van der Waals surface area (Å²) < 4.78 is 0. The Morgan fingerprint density at radius 3 is 2.65 bits per heavy atom. The molecule has 0 spiro atoms. The molecule has 1 aromatic carbocycles. The third-order valence-corrected chi connectivity index (χ3v) is 4.86. The van der Waals surface area contributed by atoms with Gasteiger partial charge in [0.1, 0.15) is 0 Å². The van der Waals surface area contributed by atoms with Crippen LogP contribution in [-0.4, -0.2) is 18.0 Å². The molecule has 2 rings (SSSR count). The Morgan fingerprint density at radius 2 is 2.00 bits per heavy atom. The van der Waals surface area contributed by atoms with E-state index in [1.54, 1.807) is 0 Å². The Bertz CT molecular complexity index is 451. The van der Waals surface area contributed by atoms with Crippen molar-refractivity contribution in [3.05, 3.63) is 28.8 Å². The average Bonchev–Trinajstić information content (AvgIpc) is 2.59. The number of benzene rings is 1. The molecule has 1 fully saturated rings. The molecule has 0 amide bonds. The predicted molar refractivity (Wildman–Crippen MR) is 87.9 cm³/mol. The lowest BCUT2D eigenvalue weighted by molar-refractivity contribution is 0.206. The van der Waals surface area contributed by atoms with Crippen molar-refractivity contribution in [1.29, 1.82) is 0 Å². The number of anilines is 1. The molecule has 112 valence electrons. The van der Waals surface area contributed by atoms with Gasteiger partial charge >= 0.3 is 0 Å². The van der Waals surface area contributed by atoms with Crippen LogP contribution in [0.15, 0.2) is 18.2 Å². The number of halogens is 1. The Morgan fingerprint density at radius 1 is 1.25 bits per heavy atom. The molecular formula is C17H27ClN2. The highest BCUT2D eigenvalue weighted by atomic mass is 35.5. The third kappa shape index (κ3) is 4.13. The molecule has 1 heterocycles. The van der Waals surface area contributed by atoms with Crippen molar-refractivity contribution >= 4 is 17.3 Å². The smallest absolute Gasteiger partial charge is 0.0635 e. The molecule has 20 heavy (non-hydrogen) atoms. The van der Waals surface area contributed by atoms with Gasteiger partial charge in [-0.25, -0.2) is 0 Å². The lowest BCUT2D eigenvalue weighted by Gasteiger charge is -2.29. The van der Waals surface area contributed by atoms with E-state index in [1.807, 2.05) is 12.1 Å². The Balaban J connectivity index is 1.95. The fourth-order valence-corrected chi connectivity index (χ4v) is 3.25. The van der Waals surface area contributed by atoms with Gasteiger partial charge in [-0.05, 0) is 61.4 Å². The van der Waals surface area contributed by atoms with E-state index < -0.39 is 0 Å². The highest BCUT2D eigenvalue weighted by molar-refractivity contribution is 6.33. The third-order valence-electron chi connectivity index (χ3n) is 4.51. The van der Waals surface area contributed by atoms with Gasteiger partial charge in [-0.3, -0.25) is 4.90 Å². The van der Waals surface area contributed by atoms with Gasteiger partial charge < -0.3 is 5.73 Å². The number of hydrogen-bond acceptors (Lipinski definition) is 2. The van der Waals surface area contributed by atoms with E-state index in [-0.39, 0.29) is 0 Å². The quantitative estimate of drug-likeness (QED) is 0.810. The SMILES string of the molecule is CC(C)(C)C1CCCN(Cc2ccc(Cl)c(N)c2)CC1. The molecule has 2 nitrogen and oxygen atoms in total. The molecule has 0 aromatic heterocycles. The first-order valence-electron chi connectivity index (χ1n) is 7.62. The summed E-state index contributed by atoms with van der Waals surface area (Å²) in [5.41, 5.74) is 8.27. The molecule has 0 aliphatic carbocycles. The fourth-order valence-electron chi connectivity index (χ4n) is 3.13. The van der Waals surface area contributed by atoms with Crippen molar-refractivity contribution in [2.45, 2.75) is 46.6 Å². The van der Waals surface area contributed by atoms with E-state index in [0.29, 0.717) is 16.1 Å². The molecular weight excluding hydrogens is 268 g/mol. The summed E-state index contributed by atoms with van der Waals surface area (Å²) in [6.45, 7) is 10.5. The first-order valence-corrected chi connectivity index (χ1v) is 8.00. The van der Waals surface area contributed by atoms with Crippen molar-refractivity contribution in [1.82, 2.24) is 4.90 Å². The number of hydrogen-bond donors (Lipinski definition) is 1. The summed E-state index contributed by atoms with van der Waals surface area (Å²) in [6, 6.07) is 6.00. The second-order valence-electron chi connectivity index (χ2n) is 7.13. The number of nitrogens with two attached hydrogens (primary N) is 1. The first kappa shape index (κ1) is 15.7. The van der Waals surface area contributed by atoms with Crippen LogP contribution in [0, 0.1) is 11.3 Å². The maximum absolute atomic E-state index is 5.98. The average molecular weight is 295 g/mol. The van der Waals surface area contributed by atoms with Crippen molar-refractivity contribution < 1.29 is 0 Å². The van der Waals surface area contributed by atoms with Crippen LogP contribution in [0.25, 0.3) is 0 Å². The molecule has 0 radical (unpaired) electrons. The number of rotatable bonds is 2. The number of nitrogens with zero attached hydrogens (tertiary/aromatic N) is 1. The van der Waals surface area contributed by atoms with Crippen LogP contribution in [-0.2, 0) is 6.54 Å². The van der Waals surface area contributed by atoms with Gasteiger partial charge in [-0.15, -0.1) is 0 Å². The van der Waals surface area contributed by atoms with Crippen LogP contribution >= 0.6 is 11.6 Å². The van der Waals surface area contributed by atoms with Crippen molar-refractivity contribution in [2.75, 3.05) is 18.8 Å². The van der Waals surface area contributed by atoms with Crippen molar-refractivity contribution in [3.63, 3.8) is 0 Å². The molecule has 1 aliphatic rings. The first-order chi connectivity index (χ1) is 9.36. The van der Waals surface area contributed by atoms with Gasteiger partial charge in [-0.2, -0.15) is 0 Å². The highest BCUT2D eigenvalue weighted by Crippen LogP contribution is 2.34. The van der Waals surface area contributed by atoms with E-state index in [9.17, 15) is 0 Å². The maximum Gasteiger partial charge on any atom is 0.0635 e. The van der Waals surface area contributed by atoms with Gasteiger partial charge in [0, 0.05) is 6.54 Å². The summed E-state index contributed by atoms with van der Waals surface area (Å²) in [7, 11) is 0. The zero-order valence-electron chi connectivity index (χ0n) is 13.0. The van der Waals surface area contributed by atoms with E-state index in [0.717, 1.165) is 12.5 Å². The van der Waals surface area contributed by atoms with Gasteiger partial charge in [-0.1, -0.05) is 38.4 Å². The van der Waals surface area contributed by atoms with Crippen LogP contribution < -0.4 is 5.73 Å². The summed E-state index contributed by atoms with van der Waals surface area (Å²) in [4.78, 5) is 2.55. The van der Waals surface area contributed by atoms with Gasteiger partial charge in [0.05, 0.1) is 10.7 Å². The highest BCUT2D eigenvalue weighted by Gasteiger charge is 2.26. The maximum atomic E-state index is 5.98. The minimum Gasteiger partial charge on any atom is -0.398 e. The summed E-state index contributed by atoms with van der Waals surface area (Å²) in [5, 5.41) is 0.650. The monoisotopic (exact) mass is 294 g/mol. The lowest BCUT2D eigenvalue weighted by atomic mass is 9.77. The predicted octanol–water partition coefficient (Wildman–Crippen LogP) is 4.57. The van der Waals surface area contributed by atoms with Gasteiger partial charge in [0.25, 0.3) is 0 Å².